The first-order valence-corrected chi connectivity index (χ1v) is 10.7. The van der Waals surface area contributed by atoms with E-state index in [-0.39, 0.29) is 0 Å². The van der Waals surface area contributed by atoms with Gasteiger partial charge in [0.2, 0.25) is 0 Å². The second-order valence-electron chi connectivity index (χ2n) is 6.06. The van der Waals surface area contributed by atoms with Gasteiger partial charge in [-0.25, -0.2) is 0 Å². The highest BCUT2D eigenvalue weighted by atomic mass is 31.2. The van der Waals surface area contributed by atoms with E-state index in [0.717, 1.165) is 0 Å². The molecule has 17 heavy (non-hydrogen) atoms. The lowest BCUT2D eigenvalue weighted by Gasteiger charge is -2.22. The van der Waals surface area contributed by atoms with Crippen LogP contribution >= 0.6 is 7.26 Å². The molecule has 1 rings (SSSR count). The summed E-state index contributed by atoms with van der Waals surface area (Å²) in [6, 6.07) is 0. The van der Waals surface area contributed by atoms with Crippen LogP contribution in [0.3, 0.4) is 0 Å². The van der Waals surface area contributed by atoms with Gasteiger partial charge in [-0.3, -0.25) is 0 Å². The van der Waals surface area contributed by atoms with E-state index in [1.54, 1.807) is 43.9 Å². The number of rotatable bonds is 10. The lowest BCUT2D eigenvalue weighted by atomic mass is 10.1. The third kappa shape index (κ3) is 6.23. The van der Waals surface area contributed by atoms with Gasteiger partial charge in [-0.1, -0.05) is 46.0 Å². The van der Waals surface area contributed by atoms with Crippen LogP contribution in [0.2, 0.25) is 0 Å². The largest absolute Gasteiger partial charge is 0.0654 e. The van der Waals surface area contributed by atoms with Crippen LogP contribution in [0.5, 0.6) is 0 Å². The third-order valence-electron chi connectivity index (χ3n) is 4.49. The molecule has 0 unspecified atom stereocenters. The van der Waals surface area contributed by atoms with Gasteiger partial charge >= 0.3 is 0 Å². The average Bonchev–Trinajstić information content (AvgIpc) is 2.80. The van der Waals surface area contributed by atoms with Gasteiger partial charge < -0.3 is 0 Å². The van der Waals surface area contributed by atoms with Crippen LogP contribution in [-0.2, 0) is 0 Å². The topological polar surface area (TPSA) is 0 Å². The highest BCUT2D eigenvalue weighted by molar-refractivity contribution is 7.76. The zero-order valence-corrected chi connectivity index (χ0v) is 13.2. The summed E-state index contributed by atoms with van der Waals surface area (Å²) in [5, 5.41) is 0. The maximum atomic E-state index is 2.36. The average molecular weight is 257 g/mol. The molecule has 0 nitrogen and oxygen atoms in total. The lowest BCUT2D eigenvalue weighted by molar-refractivity contribution is 0.625. The molecular weight excluding hydrogens is 223 g/mol. The van der Waals surface area contributed by atoms with Crippen molar-refractivity contribution in [3.05, 3.63) is 0 Å². The minimum atomic E-state index is -0.419. The number of hydrogen-bond donors (Lipinski definition) is 0. The molecule has 0 aromatic rings. The fourth-order valence-corrected chi connectivity index (χ4v) is 8.30. The Kier molecular flexibility index (Phi) is 8.54. The predicted octanol–water partition coefficient (Wildman–Crippen LogP) is 5.96. The Labute approximate surface area is 110 Å². The zero-order chi connectivity index (χ0) is 12.4. The van der Waals surface area contributed by atoms with Crippen LogP contribution in [0.1, 0.15) is 78.1 Å². The maximum Gasteiger partial charge on any atom is 0.0595 e. The van der Waals surface area contributed by atoms with E-state index in [9.17, 15) is 0 Å². The molecule has 0 N–H and O–H groups in total. The maximum absolute atomic E-state index is 2.36. The molecule has 1 aliphatic heterocycles. The van der Waals surface area contributed by atoms with Crippen molar-refractivity contribution in [2.24, 2.45) is 0 Å². The summed E-state index contributed by atoms with van der Waals surface area (Å²) < 4.78 is 0. The van der Waals surface area contributed by atoms with Crippen molar-refractivity contribution in [3.8, 4) is 0 Å². The molecule has 0 radical (unpaired) electrons. The van der Waals surface area contributed by atoms with E-state index >= 15 is 0 Å². The van der Waals surface area contributed by atoms with Crippen molar-refractivity contribution in [2.45, 2.75) is 78.1 Å². The molecule has 1 heteroatoms. The molecule has 0 aromatic carbocycles. The molecular formula is C16H34P+. The van der Waals surface area contributed by atoms with Gasteiger partial charge in [0, 0.05) is 7.26 Å². The first kappa shape index (κ1) is 15.5. The van der Waals surface area contributed by atoms with Gasteiger partial charge in [-0.2, -0.15) is 0 Å². The fourth-order valence-electron chi connectivity index (χ4n) is 3.29. The normalized spacial score (nSPS) is 18.7. The van der Waals surface area contributed by atoms with Crippen molar-refractivity contribution >= 4 is 7.26 Å². The Hall–Kier alpha value is 0.430. The van der Waals surface area contributed by atoms with Crippen LogP contribution in [-0.4, -0.2) is 24.6 Å². The molecule has 0 bridgehead atoms. The van der Waals surface area contributed by atoms with E-state index in [2.05, 4.69) is 13.8 Å². The highest BCUT2D eigenvalue weighted by Crippen LogP contribution is 2.64. The summed E-state index contributed by atoms with van der Waals surface area (Å²) in [5.41, 5.74) is 0. The van der Waals surface area contributed by atoms with Crippen LogP contribution in [0, 0.1) is 0 Å². The van der Waals surface area contributed by atoms with E-state index in [1.165, 1.54) is 44.9 Å². The van der Waals surface area contributed by atoms with Crippen molar-refractivity contribution in [2.75, 3.05) is 24.6 Å². The van der Waals surface area contributed by atoms with Crippen molar-refractivity contribution in [3.63, 3.8) is 0 Å². The standard InChI is InChI=1S/C16H34P/c1-3-5-7-8-9-10-14-17(13-6-4-2)15-11-12-16-17/h3-16H2,1-2H3/q+1. The van der Waals surface area contributed by atoms with Gasteiger partial charge in [-0.05, 0) is 32.1 Å². The minimum absolute atomic E-state index is 0.419. The molecule has 1 heterocycles. The summed E-state index contributed by atoms with van der Waals surface area (Å²) >= 11 is 0. The van der Waals surface area contributed by atoms with Crippen molar-refractivity contribution in [1.82, 2.24) is 0 Å². The molecule has 0 atom stereocenters. The molecule has 0 saturated carbocycles. The Balaban J connectivity index is 2.12. The highest BCUT2D eigenvalue weighted by Gasteiger charge is 2.39. The smallest absolute Gasteiger partial charge is 0.0595 e. The van der Waals surface area contributed by atoms with E-state index in [1.807, 2.05) is 0 Å². The molecule has 0 aromatic heterocycles. The van der Waals surface area contributed by atoms with E-state index in [4.69, 9.17) is 0 Å². The summed E-state index contributed by atoms with van der Waals surface area (Å²) in [6.07, 6.45) is 21.6. The lowest BCUT2D eigenvalue weighted by Crippen LogP contribution is -2.06. The first-order chi connectivity index (χ1) is 8.33. The van der Waals surface area contributed by atoms with Gasteiger partial charge in [0.05, 0.1) is 24.6 Å². The Morgan fingerprint density at radius 2 is 1.18 bits per heavy atom. The SMILES string of the molecule is CCCCCCCC[P+]1(CCCC)CCCC1. The summed E-state index contributed by atoms with van der Waals surface area (Å²) in [5.74, 6) is 0. The summed E-state index contributed by atoms with van der Waals surface area (Å²) in [4.78, 5) is 0. The van der Waals surface area contributed by atoms with Gasteiger partial charge in [-0.15, -0.1) is 0 Å². The molecule has 0 amide bonds. The minimum Gasteiger partial charge on any atom is -0.0654 e. The van der Waals surface area contributed by atoms with Crippen molar-refractivity contribution in [1.29, 1.82) is 0 Å². The molecule has 0 spiro atoms. The van der Waals surface area contributed by atoms with Crippen LogP contribution in [0.25, 0.3) is 0 Å². The number of hydrogen-bond acceptors (Lipinski definition) is 0. The Bertz CT molecular complexity index is 170. The number of unbranched alkanes of at least 4 members (excludes halogenated alkanes) is 6. The third-order valence-corrected chi connectivity index (χ3v) is 9.55. The summed E-state index contributed by atoms with van der Waals surface area (Å²) in [6.45, 7) is 4.67. The molecule has 1 aliphatic rings. The van der Waals surface area contributed by atoms with Crippen LogP contribution in [0.15, 0.2) is 0 Å². The Morgan fingerprint density at radius 1 is 0.647 bits per heavy atom. The van der Waals surface area contributed by atoms with Crippen LogP contribution < -0.4 is 0 Å². The molecule has 1 saturated heterocycles. The van der Waals surface area contributed by atoms with E-state index in [0.29, 0.717) is 0 Å². The van der Waals surface area contributed by atoms with Gasteiger partial charge in [0.15, 0.2) is 0 Å². The first-order valence-electron chi connectivity index (χ1n) is 8.18. The van der Waals surface area contributed by atoms with Gasteiger partial charge in [0.25, 0.3) is 0 Å². The zero-order valence-electron chi connectivity index (χ0n) is 12.3. The Morgan fingerprint density at radius 3 is 1.82 bits per heavy atom. The predicted molar refractivity (Wildman–Crippen MR) is 83.9 cm³/mol. The molecule has 102 valence electrons. The van der Waals surface area contributed by atoms with Gasteiger partial charge in [0.1, 0.15) is 0 Å². The second kappa shape index (κ2) is 9.37. The summed E-state index contributed by atoms with van der Waals surface area (Å²) in [7, 11) is -0.419. The fraction of sp³-hybridized carbons (Fsp3) is 1.00. The molecule has 1 fully saturated rings. The van der Waals surface area contributed by atoms with Crippen molar-refractivity contribution < 1.29 is 0 Å². The van der Waals surface area contributed by atoms with E-state index < -0.39 is 7.26 Å². The quantitative estimate of drug-likeness (QED) is 0.334. The monoisotopic (exact) mass is 257 g/mol. The van der Waals surface area contributed by atoms with Crippen LogP contribution in [0.4, 0.5) is 0 Å². The molecule has 0 aliphatic carbocycles. The second-order valence-corrected chi connectivity index (χ2v) is 10.5.